The number of nitrogens with one attached hydrogen (secondary N) is 1. The number of rotatable bonds is 61. The molecule has 6 nitrogen and oxygen atoms in total. The molecule has 2 atom stereocenters. The van der Waals surface area contributed by atoms with Crippen LogP contribution in [-0.4, -0.2) is 47.4 Å². The summed E-state index contributed by atoms with van der Waals surface area (Å²) in [5.41, 5.74) is 0. The molecule has 6 heteroatoms. The number of unbranched alkanes of at least 4 members (excludes halogenated alkanes) is 50. The normalized spacial score (nSPS) is 12.5. The van der Waals surface area contributed by atoms with Gasteiger partial charge in [0.1, 0.15) is 0 Å². The minimum atomic E-state index is -0.662. The third-order valence-corrected chi connectivity index (χ3v) is 15.4. The second-order valence-corrected chi connectivity index (χ2v) is 22.5. The smallest absolute Gasteiger partial charge is 0.305 e. The van der Waals surface area contributed by atoms with Crippen molar-refractivity contribution in [2.24, 2.45) is 0 Å². The van der Waals surface area contributed by atoms with Crippen LogP contribution in [0, 0.1) is 0 Å². The van der Waals surface area contributed by atoms with Crippen LogP contribution in [0.4, 0.5) is 0 Å². The van der Waals surface area contributed by atoms with Gasteiger partial charge in [-0.15, -0.1) is 0 Å². The predicted molar refractivity (Wildman–Crippen MR) is 306 cm³/mol. The van der Waals surface area contributed by atoms with Gasteiger partial charge in [0.25, 0.3) is 0 Å². The van der Waals surface area contributed by atoms with E-state index in [0.717, 1.165) is 38.5 Å². The van der Waals surface area contributed by atoms with Gasteiger partial charge in [0, 0.05) is 12.8 Å². The number of hydrogen-bond acceptors (Lipinski definition) is 5. The van der Waals surface area contributed by atoms with Gasteiger partial charge in [-0.2, -0.15) is 0 Å². The molecule has 70 heavy (non-hydrogen) atoms. The first-order valence-electron chi connectivity index (χ1n) is 32.3. The Kier molecular flexibility index (Phi) is 59.4. The van der Waals surface area contributed by atoms with E-state index < -0.39 is 12.1 Å². The standard InChI is InChI=1S/C64H127NO5/c1-3-5-7-9-11-13-15-17-19-30-34-38-42-46-50-54-58-64(69)70-59-55-51-47-43-39-35-31-28-26-24-22-20-21-23-25-27-29-33-37-41-45-49-53-57-63(68)65-61(60-66)62(67)56-52-48-44-40-36-32-18-16-14-12-10-8-6-4-2/h61-62,66-67H,3-60H2,1-2H3,(H,65,68). The molecular formula is C64H127NO5. The van der Waals surface area contributed by atoms with Crippen LogP contribution in [0.2, 0.25) is 0 Å². The molecule has 3 N–H and O–H groups in total. The van der Waals surface area contributed by atoms with Crippen molar-refractivity contribution in [1.29, 1.82) is 0 Å². The number of carbonyl (C=O) groups is 2. The zero-order chi connectivity index (χ0) is 50.7. The minimum absolute atomic E-state index is 0.0190. The Hall–Kier alpha value is -1.14. The molecule has 0 heterocycles. The Morgan fingerprint density at radius 2 is 0.586 bits per heavy atom. The average molecular weight is 991 g/mol. The van der Waals surface area contributed by atoms with Crippen molar-refractivity contribution in [3.63, 3.8) is 0 Å². The molecule has 0 saturated heterocycles. The number of amides is 1. The molecule has 0 spiro atoms. The number of hydrogen-bond donors (Lipinski definition) is 3. The zero-order valence-corrected chi connectivity index (χ0v) is 47.8. The van der Waals surface area contributed by atoms with E-state index in [1.165, 1.54) is 302 Å². The van der Waals surface area contributed by atoms with Gasteiger partial charge in [-0.3, -0.25) is 9.59 Å². The molecular weight excluding hydrogens is 863 g/mol. The van der Waals surface area contributed by atoms with Crippen molar-refractivity contribution in [3.8, 4) is 0 Å². The van der Waals surface area contributed by atoms with E-state index in [-0.39, 0.29) is 18.5 Å². The van der Waals surface area contributed by atoms with Crippen LogP contribution in [0.25, 0.3) is 0 Å². The molecule has 0 rings (SSSR count). The first-order valence-corrected chi connectivity index (χ1v) is 32.3. The molecule has 0 radical (unpaired) electrons. The lowest BCUT2D eigenvalue weighted by molar-refractivity contribution is -0.143. The maximum Gasteiger partial charge on any atom is 0.305 e. The van der Waals surface area contributed by atoms with Gasteiger partial charge < -0.3 is 20.3 Å². The molecule has 0 aromatic carbocycles. The largest absolute Gasteiger partial charge is 0.466 e. The van der Waals surface area contributed by atoms with Gasteiger partial charge in [-0.1, -0.05) is 335 Å². The van der Waals surface area contributed by atoms with Gasteiger partial charge in [-0.05, 0) is 25.7 Å². The van der Waals surface area contributed by atoms with E-state index in [2.05, 4.69) is 19.2 Å². The lowest BCUT2D eigenvalue weighted by Gasteiger charge is -2.22. The van der Waals surface area contributed by atoms with E-state index in [1.807, 2.05) is 0 Å². The fourth-order valence-corrected chi connectivity index (χ4v) is 10.5. The zero-order valence-electron chi connectivity index (χ0n) is 47.8. The van der Waals surface area contributed by atoms with E-state index in [1.54, 1.807) is 0 Å². The molecule has 0 bridgehead atoms. The van der Waals surface area contributed by atoms with Crippen LogP contribution in [-0.2, 0) is 14.3 Å². The van der Waals surface area contributed by atoms with Crippen LogP contribution >= 0.6 is 0 Å². The van der Waals surface area contributed by atoms with Gasteiger partial charge in [-0.25, -0.2) is 0 Å². The predicted octanol–water partition coefficient (Wildman–Crippen LogP) is 20.3. The summed E-state index contributed by atoms with van der Waals surface area (Å²) in [6, 6.07) is -0.539. The molecule has 0 fully saturated rings. The van der Waals surface area contributed by atoms with Crippen molar-refractivity contribution >= 4 is 11.9 Å². The van der Waals surface area contributed by atoms with Crippen molar-refractivity contribution in [3.05, 3.63) is 0 Å². The maximum absolute atomic E-state index is 12.5. The second-order valence-electron chi connectivity index (χ2n) is 22.5. The van der Waals surface area contributed by atoms with Crippen molar-refractivity contribution < 1.29 is 24.5 Å². The Bertz CT molecular complexity index is 1010. The highest BCUT2D eigenvalue weighted by Gasteiger charge is 2.20. The third kappa shape index (κ3) is 56.2. The average Bonchev–Trinajstić information content (AvgIpc) is 3.36. The monoisotopic (exact) mass is 990 g/mol. The number of aliphatic hydroxyl groups excluding tert-OH is 2. The Balaban J connectivity index is 3.34. The number of aliphatic hydroxyl groups is 2. The van der Waals surface area contributed by atoms with Gasteiger partial charge in [0.05, 0.1) is 25.4 Å². The fraction of sp³-hybridized carbons (Fsp3) is 0.969. The highest BCUT2D eigenvalue weighted by Crippen LogP contribution is 2.19. The van der Waals surface area contributed by atoms with Crippen LogP contribution in [0.3, 0.4) is 0 Å². The van der Waals surface area contributed by atoms with Gasteiger partial charge in [0.15, 0.2) is 0 Å². The molecule has 0 aliphatic carbocycles. The van der Waals surface area contributed by atoms with Gasteiger partial charge in [0.2, 0.25) is 5.91 Å². The molecule has 0 aliphatic heterocycles. The molecule has 2 unspecified atom stereocenters. The summed E-state index contributed by atoms with van der Waals surface area (Å²) in [6.45, 7) is 4.99. The molecule has 0 aliphatic rings. The van der Waals surface area contributed by atoms with Gasteiger partial charge >= 0.3 is 5.97 Å². The summed E-state index contributed by atoms with van der Waals surface area (Å²) >= 11 is 0. The molecule has 0 saturated carbocycles. The number of ether oxygens (including phenoxy) is 1. The quantitative estimate of drug-likeness (QED) is 0.0417. The molecule has 1 amide bonds. The molecule has 0 aromatic heterocycles. The summed E-state index contributed by atoms with van der Waals surface area (Å²) in [5, 5.41) is 23.3. The van der Waals surface area contributed by atoms with E-state index in [9.17, 15) is 19.8 Å². The number of carbonyl (C=O) groups excluding carboxylic acids is 2. The summed E-state index contributed by atoms with van der Waals surface area (Å²) in [4.78, 5) is 24.6. The SMILES string of the molecule is CCCCCCCCCCCCCCCCCCC(=O)OCCCCCCCCCCCCCCCCCCCCCCCCCC(=O)NC(CO)C(O)CCCCCCCCCCCCCCCC. The lowest BCUT2D eigenvalue weighted by atomic mass is 10.0. The summed E-state index contributed by atoms with van der Waals surface area (Å²) in [5.74, 6) is -0.0125. The summed E-state index contributed by atoms with van der Waals surface area (Å²) in [6.07, 6.45) is 71.2. The van der Waals surface area contributed by atoms with Crippen LogP contribution in [0.1, 0.15) is 373 Å². The molecule has 418 valence electrons. The first kappa shape index (κ1) is 68.9. The number of esters is 1. The van der Waals surface area contributed by atoms with Crippen LogP contribution in [0.5, 0.6) is 0 Å². The van der Waals surface area contributed by atoms with Crippen LogP contribution < -0.4 is 5.32 Å². The Morgan fingerprint density at radius 1 is 0.343 bits per heavy atom. The highest BCUT2D eigenvalue weighted by atomic mass is 16.5. The Labute approximate surface area is 438 Å². The summed E-state index contributed by atoms with van der Waals surface area (Å²) < 4.78 is 5.50. The topological polar surface area (TPSA) is 95.9 Å². The van der Waals surface area contributed by atoms with Crippen molar-refractivity contribution in [1.82, 2.24) is 5.32 Å². The highest BCUT2D eigenvalue weighted by molar-refractivity contribution is 5.76. The minimum Gasteiger partial charge on any atom is -0.466 e. The Morgan fingerprint density at radius 3 is 0.871 bits per heavy atom. The summed E-state index contributed by atoms with van der Waals surface area (Å²) in [7, 11) is 0. The van der Waals surface area contributed by atoms with E-state index in [4.69, 9.17) is 4.74 Å². The second kappa shape index (κ2) is 60.4. The van der Waals surface area contributed by atoms with Crippen molar-refractivity contribution in [2.45, 2.75) is 386 Å². The van der Waals surface area contributed by atoms with E-state index in [0.29, 0.717) is 25.9 Å². The molecule has 0 aromatic rings. The maximum atomic E-state index is 12.5. The van der Waals surface area contributed by atoms with Crippen molar-refractivity contribution in [2.75, 3.05) is 13.2 Å². The lowest BCUT2D eigenvalue weighted by Crippen LogP contribution is -2.45. The fourth-order valence-electron chi connectivity index (χ4n) is 10.5. The van der Waals surface area contributed by atoms with E-state index >= 15 is 0 Å². The van der Waals surface area contributed by atoms with Crippen LogP contribution in [0.15, 0.2) is 0 Å². The first-order chi connectivity index (χ1) is 34.5. The third-order valence-electron chi connectivity index (χ3n) is 15.4.